The third-order valence-electron chi connectivity index (χ3n) is 4.74. The summed E-state index contributed by atoms with van der Waals surface area (Å²) in [7, 11) is 0. The summed E-state index contributed by atoms with van der Waals surface area (Å²) in [5, 5.41) is 4.60. The fourth-order valence-electron chi connectivity index (χ4n) is 3.26. The first-order chi connectivity index (χ1) is 15.3. The van der Waals surface area contributed by atoms with E-state index in [1.165, 1.54) is 28.7 Å². The molecule has 0 unspecified atom stereocenters. The van der Waals surface area contributed by atoms with Crippen LogP contribution in [0.5, 0.6) is 0 Å². The van der Waals surface area contributed by atoms with Crippen molar-refractivity contribution in [2.75, 3.05) is 0 Å². The molecule has 0 saturated carbocycles. The average molecular weight is 491 g/mol. The van der Waals surface area contributed by atoms with Crippen LogP contribution in [-0.4, -0.2) is 19.9 Å². The lowest BCUT2D eigenvalue weighted by Gasteiger charge is -2.14. The first-order valence-electron chi connectivity index (χ1n) is 9.37. The molecule has 1 atom stereocenters. The molecular formula is C21H13F3N4OS3. The average Bonchev–Trinajstić information content (AvgIpc) is 3.42. The fraction of sp³-hybridized carbons (Fsp3) is 0.143. The van der Waals surface area contributed by atoms with Crippen LogP contribution in [0.25, 0.3) is 31.6 Å². The molecule has 0 radical (unpaired) electrons. The number of para-hydroxylation sites is 1. The van der Waals surface area contributed by atoms with Gasteiger partial charge in [-0.3, -0.25) is 4.79 Å². The number of thiophene rings is 2. The predicted molar refractivity (Wildman–Crippen MR) is 122 cm³/mol. The number of aromatic amines is 1. The first-order valence-corrected chi connectivity index (χ1v) is 12.0. The van der Waals surface area contributed by atoms with Gasteiger partial charge in [-0.25, -0.2) is 15.0 Å². The summed E-state index contributed by atoms with van der Waals surface area (Å²) in [5.41, 5.74) is 0.767. The Hall–Kier alpha value is -2.76. The van der Waals surface area contributed by atoms with Crippen molar-refractivity contribution in [1.82, 2.24) is 19.9 Å². The fourth-order valence-corrected chi connectivity index (χ4v) is 6.02. The number of hydrogen-bond donors (Lipinski definition) is 1. The molecule has 0 aliphatic carbocycles. The van der Waals surface area contributed by atoms with Crippen molar-refractivity contribution in [2.45, 2.75) is 23.4 Å². The number of halogens is 3. The number of nitrogens with zero attached hydrogens (tertiary/aromatic N) is 3. The lowest BCUT2D eigenvalue weighted by atomic mass is 10.2. The minimum atomic E-state index is -4.66. The van der Waals surface area contributed by atoms with Gasteiger partial charge in [0.1, 0.15) is 15.7 Å². The second-order valence-corrected chi connectivity index (χ2v) is 10.0. The molecule has 0 spiro atoms. The predicted octanol–water partition coefficient (Wildman–Crippen LogP) is 6.53. The standard InChI is InChI=1S/C21H13F3N4OS3/c1-10(32-18-11-5-2-3-6-13(11)25-20(28-18)21(22,23)24)16-26-17(29)15-12(9-31-19(15)27-16)14-7-4-8-30-14/h2-10H,1H3,(H,26,27,29)/t10-/m1/s1. The zero-order valence-electron chi connectivity index (χ0n) is 16.3. The summed E-state index contributed by atoms with van der Waals surface area (Å²) < 4.78 is 39.9. The van der Waals surface area contributed by atoms with Crippen LogP contribution in [0.1, 0.15) is 23.8 Å². The van der Waals surface area contributed by atoms with E-state index >= 15 is 0 Å². The van der Waals surface area contributed by atoms with Crippen LogP contribution < -0.4 is 5.56 Å². The summed E-state index contributed by atoms with van der Waals surface area (Å²) in [6.45, 7) is 1.77. The van der Waals surface area contributed by atoms with Crippen LogP contribution in [0.15, 0.2) is 57.0 Å². The maximum absolute atomic E-state index is 13.3. The van der Waals surface area contributed by atoms with E-state index < -0.39 is 17.3 Å². The minimum absolute atomic E-state index is 0.184. The van der Waals surface area contributed by atoms with Crippen LogP contribution in [0.2, 0.25) is 0 Å². The van der Waals surface area contributed by atoms with Gasteiger partial charge in [0.05, 0.1) is 16.2 Å². The normalized spacial score (nSPS) is 13.1. The van der Waals surface area contributed by atoms with Crippen molar-refractivity contribution in [3.05, 3.63) is 69.2 Å². The van der Waals surface area contributed by atoms with Gasteiger partial charge in [0.25, 0.3) is 5.56 Å². The van der Waals surface area contributed by atoms with Crippen LogP contribution >= 0.6 is 34.4 Å². The zero-order chi connectivity index (χ0) is 22.5. The second kappa shape index (κ2) is 7.98. The highest BCUT2D eigenvalue weighted by Crippen LogP contribution is 2.39. The van der Waals surface area contributed by atoms with Gasteiger partial charge in [-0.15, -0.1) is 22.7 Å². The molecule has 5 rings (SSSR count). The number of nitrogens with one attached hydrogen (secondary N) is 1. The van der Waals surface area contributed by atoms with E-state index in [9.17, 15) is 18.0 Å². The Labute approximate surface area is 191 Å². The number of H-pyrrole nitrogens is 1. The monoisotopic (exact) mass is 490 g/mol. The Kier molecular flexibility index (Phi) is 5.26. The van der Waals surface area contributed by atoms with Gasteiger partial charge >= 0.3 is 6.18 Å². The van der Waals surface area contributed by atoms with E-state index in [0.717, 1.165) is 22.2 Å². The number of rotatable bonds is 4. The zero-order valence-corrected chi connectivity index (χ0v) is 18.8. The van der Waals surface area contributed by atoms with Crippen molar-refractivity contribution in [3.63, 3.8) is 0 Å². The molecule has 0 aliphatic rings. The molecule has 4 heterocycles. The van der Waals surface area contributed by atoms with Gasteiger partial charge < -0.3 is 4.98 Å². The number of thioether (sulfide) groups is 1. The number of fused-ring (bicyclic) bond motifs is 2. The number of benzene rings is 1. The lowest BCUT2D eigenvalue weighted by Crippen LogP contribution is -2.13. The van der Waals surface area contributed by atoms with Crippen molar-refractivity contribution < 1.29 is 13.2 Å². The van der Waals surface area contributed by atoms with Crippen molar-refractivity contribution in [1.29, 1.82) is 0 Å². The van der Waals surface area contributed by atoms with Crippen molar-refractivity contribution in [2.24, 2.45) is 0 Å². The topological polar surface area (TPSA) is 71.5 Å². The summed E-state index contributed by atoms with van der Waals surface area (Å²) in [6, 6.07) is 10.4. The SMILES string of the molecule is C[C@@H](Sc1nc(C(F)(F)F)nc2ccccc12)c1nc2scc(-c3cccs3)c2c(=O)[nH]1. The van der Waals surface area contributed by atoms with E-state index in [4.69, 9.17) is 0 Å². The Morgan fingerprint density at radius 2 is 1.88 bits per heavy atom. The second-order valence-electron chi connectivity index (χ2n) is 6.89. The molecule has 0 fully saturated rings. The molecular weight excluding hydrogens is 477 g/mol. The van der Waals surface area contributed by atoms with E-state index in [1.54, 1.807) is 25.1 Å². The summed E-state index contributed by atoms with van der Waals surface area (Å²) in [4.78, 5) is 29.3. The van der Waals surface area contributed by atoms with Crippen LogP contribution in [0, 0.1) is 0 Å². The van der Waals surface area contributed by atoms with Crippen molar-refractivity contribution in [3.8, 4) is 10.4 Å². The Morgan fingerprint density at radius 3 is 2.62 bits per heavy atom. The molecule has 11 heteroatoms. The third kappa shape index (κ3) is 3.80. The molecule has 0 aliphatic heterocycles. The van der Waals surface area contributed by atoms with Gasteiger partial charge in [0.15, 0.2) is 0 Å². The maximum Gasteiger partial charge on any atom is 0.451 e. The molecule has 4 aromatic heterocycles. The molecule has 0 saturated heterocycles. The van der Waals surface area contributed by atoms with Crippen LogP contribution in [0.3, 0.4) is 0 Å². The van der Waals surface area contributed by atoms with Gasteiger partial charge in [-0.1, -0.05) is 36.0 Å². The van der Waals surface area contributed by atoms with E-state index in [2.05, 4.69) is 19.9 Å². The van der Waals surface area contributed by atoms with Crippen LogP contribution in [0.4, 0.5) is 13.2 Å². The summed E-state index contributed by atoms with van der Waals surface area (Å²) >= 11 is 4.00. The third-order valence-corrected chi connectivity index (χ3v) is 7.63. The summed E-state index contributed by atoms with van der Waals surface area (Å²) in [6.07, 6.45) is -4.66. The molecule has 5 nitrogen and oxygen atoms in total. The maximum atomic E-state index is 13.3. The molecule has 5 aromatic rings. The van der Waals surface area contributed by atoms with E-state index in [0.29, 0.717) is 21.4 Å². The van der Waals surface area contributed by atoms with Gasteiger partial charge in [0.2, 0.25) is 5.82 Å². The molecule has 1 aromatic carbocycles. The lowest BCUT2D eigenvalue weighted by molar-refractivity contribution is -0.145. The molecule has 32 heavy (non-hydrogen) atoms. The highest BCUT2D eigenvalue weighted by molar-refractivity contribution is 7.99. The largest absolute Gasteiger partial charge is 0.451 e. The highest BCUT2D eigenvalue weighted by atomic mass is 32.2. The van der Waals surface area contributed by atoms with E-state index in [1.807, 2.05) is 22.9 Å². The number of aromatic nitrogens is 4. The van der Waals surface area contributed by atoms with E-state index in [-0.39, 0.29) is 16.1 Å². The summed E-state index contributed by atoms with van der Waals surface area (Å²) in [5.74, 6) is -0.815. The molecule has 0 bridgehead atoms. The minimum Gasteiger partial charge on any atom is -0.309 e. The smallest absolute Gasteiger partial charge is 0.309 e. The number of alkyl halides is 3. The van der Waals surface area contributed by atoms with Gasteiger partial charge in [-0.2, -0.15) is 13.2 Å². The first kappa shape index (κ1) is 21.1. The quantitative estimate of drug-likeness (QED) is 0.229. The molecule has 162 valence electrons. The number of hydrogen-bond acceptors (Lipinski definition) is 7. The van der Waals surface area contributed by atoms with Gasteiger partial charge in [-0.05, 0) is 24.4 Å². The Balaban J connectivity index is 1.55. The van der Waals surface area contributed by atoms with Crippen molar-refractivity contribution >= 4 is 55.6 Å². The van der Waals surface area contributed by atoms with Gasteiger partial charge in [0, 0.05) is 21.2 Å². The molecule has 1 N–H and O–H groups in total. The Bertz CT molecular complexity index is 1490. The van der Waals surface area contributed by atoms with Crippen LogP contribution in [-0.2, 0) is 6.18 Å². The Morgan fingerprint density at radius 1 is 1.06 bits per heavy atom. The highest BCUT2D eigenvalue weighted by Gasteiger charge is 2.35. The molecule has 0 amide bonds.